The van der Waals surface area contributed by atoms with E-state index in [4.69, 9.17) is 26.2 Å². The smallest absolute Gasteiger partial charge is 0.327 e. The van der Waals surface area contributed by atoms with Crippen molar-refractivity contribution in [3.8, 4) is 0 Å². The second-order valence-corrected chi connectivity index (χ2v) is 11.4. The van der Waals surface area contributed by atoms with Gasteiger partial charge in [0, 0.05) is 48.2 Å². The summed E-state index contributed by atoms with van der Waals surface area (Å²) in [6.07, 6.45) is 8.80. The lowest BCUT2D eigenvalue weighted by Crippen LogP contribution is -2.30. The van der Waals surface area contributed by atoms with E-state index in [1.165, 1.54) is 7.11 Å². The molecule has 44 heavy (non-hydrogen) atoms. The Kier molecular flexibility index (Phi) is 9.16. The first-order valence-corrected chi connectivity index (χ1v) is 15.1. The fourth-order valence-corrected chi connectivity index (χ4v) is 5.82. The third kappa shape index (κ3) is 6.75. The number of rotatable bonds is 10. The second kappa shape index (κ2) is 13.5. The first kappa shape index (κ1) is 29.7. The quantitative estimate of drug-likeness (QED) is 0.206. The fraction of sp³-hybridized carbons (Fsp3) is 0.294. The maximum absolute atomic E-state index is 13.0. The molecular formula is C34H34ClN5O4. The molecule has 226 valence electrons. The van der Waals surface area contributed by atoms with Crippen molar-refractivity contribution in [1.82, 2.24) is 24.6 Å². The Balaban J connectivity index is 1.19. The number of halogens is 1. The molecule has 0 spiro atoms. The van der Waals surface area contributed by atoms with E-state index in [1.807, 2.05) is 47.1 Å². The zero-order valence-electron chi connectivity index (χ0n) is 24.5. The molecule has 1 aliphatic heterocycles. The monoisotopic (exact) mass is 611 g/mol. The van der Waals surface area contributed by atoms with Crippen LogP contribution in [0.2, 0.25) is 5.02 Å². The van der Waals surface area contributed by atoms with E-state index in [0.29, 0.717) is 36.7 Å². The molecule has 9 nitrogen and oxygen atoms in total. The molecule has 2 unspecified atom stereocenters. The van der Waals surface area contributed by atoms with Gasteiger partial charge in [0.1, 0.15) is 6.04 Å². The normalized spacial score (nSPS) is 15.7. The standard InChI is InChI=1S/C34H34ClN5O4/c1-43-34(42)33(37-21-29-28-18-27(35)12-13-30(28)40(38-29)32-7-3-5-15-44-32)26-17-25(19-36-20-26)16-23-8-10-24(11-9-23)22-39-14-4-2-6-31(39)41/h2,4,6,8-14,17-20,32-33,37H,3,5,7,15-16,21-22H2,1H3. The van der Waals surface area contributed by atoms with Crippen molar-refractivity contribution in [2.24, 2.45) is 0 Å². The fourth-order valence-electron chi connectivity index (χ4n) is 5.65. The highest BCUT2D eigenvalue weighted by molar-refractivity contribution is 6.31. The van der Waals surface area contributed by atoms with Crippen LogP contribution < -0.4 is 10.9 Å². The van der Waals surface area contributed by atoms with Gasteiger partial charge in [-0.1, -0.05) is 48.0 Å². The van der Waals surface area contributed by atoms with E-state index in [2.05, 4.69) is 22.4 Å². The zero-order valence-corrected chi connectivity index (χ0v) is 25.2. The largest absolute Gasteiger partial charge is 0.468 e. The minimum Gasteiger partial charge on any atom is -0.468 e. The van der Waals surface area contributed by atoms with Crippen LogP contribution in [0.4, 0.5) is 0 Å². The summed E-state index contributed by atoms with van der Waals surface area (Å²) in [6, 6.07) is 20.3. The van der Waals surface area contributed by atoms with Crippen LogP contribution in [0.15, 0.2) is 90.1 Å². The Morgan fingerprint density at radius 1 is 1.07 bits per heavy atom. The average molecular weight is 612 g/mol. The van der Waals surface area contributed by atoms with Crippen LogP contribution in [0.25, 0.3) is 10.9 Å². The maximum atomic E-state index is 13.0. The number of carbonyl (C=O) groups is 1. The van der Waals surface area contributed by atoms with Gasteiger partial charge in [0.15, 0.2) is 6.23 Å². The topological polar surface area (TPSA) is 100 Å². The molecule has 4 heterocycles. The summed E-state index contributed by atoms with van der Waals surface area (Å²) >= 11 is 6.37. The molecule has 0 amide bonds. The maximum Gasteiger partial charge on any atom is 0.327 e. The highest BCUT2D eigenvalue weighted by Gasteiger charge is 2.25. The van der Waals surface area contributed by atoms with Crippen molar-refractivity contribution in [3.63, 3.8) is 0 Å². The summed E-state index contributed by atoms with van der Waals surface area (Å²) in [5, 5.41) is 9.78. The lowest BCUT2D eigenvalue weighted by atomic mass is 10.0. The van der Waals surface area contributed by atoms with Gasteiger partial charge in [0.05, 0.1) is 24.9 Å². The predicted molar refractivity (Wildman–Crippen MR) is 168 cm³/mol. The number of benzene rings is 2. The van der Waals surface area contributed by atoms with Crippen LogP contribution in [0.3, 0.4) is 0 Å². The van der Waals surface area contributed by atoms with Crippen molar-refractivity contribution >= 4 is 28.5 Å². The van der Waals surface area contributed by atoms with Gasteiger partial charge in [-0.2, -0.15) is 5.10 Å². The Hall–Kier alpha value is -4.31. The summed E-state index contributed by atoms with van der Waals surface area (Å²) in [5.74, 6) is -0.415. The van der Waals surface area contributed by atoms with Gasteiger partial charge >= 0.3 is 5.97 Å². The molecule has 1 saturated heterocycles. The SMILES string of the molecule is COC(=O)C(NCc1nn(C2CCCCO2)c2ccc(Cl)cc12)c1cncc(Cc2ccc(Cn3ccccc3=O)cc2)c1. The molecule has 6 rings (SSSR count). The van der Waals surface area contributed by atoms with E-state index < -0.39 is 12.0 Å². The van der Waals surface area contributed by atoms with Gasteiger partial charge < -0.3 is 14.0 Å². The van der Waals surface area contributed by atoms with Gasteiger partial charge in [0.2, 0.25) is 0 Å². The highest BCUT2D eigenvalue weighted by atomic mass is 35.5. The van der Waals surface area contributed by atoms with Gasteiger partial charge in [0.25, 0.3) is 5.56 Å². The number of carbonyl (C=O) groups excluding carboxylic acids is 1. The van der Waals surface area contributed by atoms with Crippen LogP contribution in [-0.4, -0.2) is 39.0 Å². The molecule has 0 radical (unpaired) electrons. The average Bonchev–Trinajstić information content (AvgIpc) is 3.41. The first-order valence-electron chi connectivity index (χ1n) is 14.7. The predicted octanol–water partition coefficient (Wildman–Crippen LogP) is 5.59. The molecule has 2 atom stereocenters. The number of ether oxygens (including phenoxy) is 2. The molecule has 1 N–H and O–H groups in total. The minimum absolute atomic E-state index is 0.0307. The Morgan fingerprint density at radius 2 is 1.91 bits per heavy atom. The molecule has 0 bridgehead atoms. The molecule has 0 saturated carbocycles. The molecule has 1 aliphatic rings. The Bertz CT molecular complexity index is 1810. The number of aromatic nitrogens is 4. The molecule has 0 aliphatic carbocycles. The Morgan fingerprint density at radius 3 is 2.68 bits per heavy atom. The lowest BCUT2D eigenvalue weighted by molar-refractivity contribution is -0.143. The van der Waals surface area contributed by atoms with Crippen molar-refractivity contribution in [3.05, 3.63) is 129 Å². The molecule has 3 aromatic heterocycles. The van der Waals surface area contributed by atoms with Crippen molar-refractivity contribution in [2.75, 3.05) is 13.7 Å². The van der Waals surface area contributed by atoms with E-state index in [9.17, 15) is 9.59 Å². The summed E-state index contributed by atoms with van der Waals surface area (Å²) in [4.78, 5) is 29.5. The molecule has 10 heteroatoms. The summed E-state index contributed by atoms with van der Waals surface area (Å²) in [6.45, 7) is 1.53. The highest BCUT2D eigenvalue weighted by Crippen LogP contribution is 2.30. The Labute approximate surface area is 260 Å². The number of methoxy groups -OCH3 is 1. The number of esters is 1. The molecular weight excluding hydrogens is 578 g/mol. The van der Waals surface area contributed by atoms with Crippen molar-refractivity contribution in [1.29, 1.82) is 0 Å². The van der Waals surface area contributed by atoms with Gasteiger partial charge in [-0.25, -0.2) is 9.48 Å². The zero-order chi connectivity index (χ0) is 30.5. The number of nitrogens with zero attached hydrogens (tertiary/aromatic N) is 4. The lowest BCUT2D eigenvalue weighted by Gasteiger charge is -2.23. The van der Waals surface area contributed by atoms with Gasteiger partial charge in [-0.3, -0.25) is 15.1 Å². The van der Waals surface area contributed by atoms with Crippen molar-refractivity contribution in [2.45, 2.75) is 51.0 Å². The van der Waals surface area contributed by atoms with Crippen LogP contribution in [0, 0.1) is 0 Å². The van der Waals surface area contributed by atoms with Crippen LogP contribution in [0.5, 0.6) is 0 Å². The number of hydrogen-bond donors (Lipinski definition) is 1. The van der Waals surface area contributed by atoms with Gasteiger partial charge in [-0.05, 0) is 72.2 Å². The van der Waals surface area contributed by atoms with Crippen LogP contribution in [-0.2, 0) is 33.8 Å². The van der Waals surface area contributed by atoms with E-state index in [1.54, 1.807) is 35.3 Å². The van der Waals surface area contributed by atoms with Crippen molar-refractivity contribution < 1.29 is 14.3 Å². The minimum atomic E-state index is -0.746. The van der Waals surface area contributed by atoms with E-state index in [0.717, 1.165) is 52.5 Å². The number of nitrogens with one attached hydrogen (secondary N) is 1. The number of hydrogen-bond acceptors (Lipinski definition) is 7. The molecule has 2 aromatic carbocycles. The molecule has 5 aromatic rings. The molecule has 1 fully saturated rings. The van der Waals surface area contributed by atoms with Crippen LogP contribution in [0.1, 0.15) is 59.5 Å². The van der Waals surface area contributed by atoms with E-state index >= 15 is 0 Å². The summed E-state index contributed by atoms with van der Waals surface area (Å²) in [7, 11) is 1.38. The third-order valence-corrected chi connectivity index (χ3v) is 8.15. The first-order chi connectivity index (χ1) is 21.5. The number of fused-ring (bicyclic) bond motifs is 1. The third-order valence-electron chi connectivity index (χ3n) is 7.92. The second-order valence-electron chi connectivity index (χ2n) is 11.0. The number of pyridine rings is 2. The summed E-state index contributed by atoms with van der Waals surface area (Å²) in [5.41, 5.74) is 5.47. The summed E-state index contributed by atoms with van der Waals surface area (Å²) < 4.78 is 14.8. The van der Waals surface area contributed by atoms with Gasteiger partial charge in [-0.15, -0.1) is 0 Å². The van der Waals surface area contributed by atoms with Crippen LogP contribution >= 0.6 is 11.6 Å². The van der Waals surface area contributed by atoms with E-state index in [-0.39, 0.29) is 11.8 Å².